The van der Waals surface area contributed by atoms with Crippen molar-refractivity contribution in [1.29, 1.82) is 0 Å². The Morgan fingerprint density at radius 2 is 2.18 bits per heavy atom. The Balaban J connectivity index is 1.67. The van der Waals surface area contributed by atoms with Crippen molar-refractivity contribution in [3.8, 4) is 0 Å². The van der Waals surface area contributed by atoms with E-state index in [1.54, 1.807) is 0 Å². The standard InChI is InChI=1S/C13H21N3S/c1-9-10(2)17-13(15-9)16-7-3-4-12(16)8-14-11-5-6-11/h11-12,14H,3-8H2,1-2H3. The average Bonchev–Trinajstić information content (AvgIpc) is 2.92. The van der Waals surface area contributed by atoms with Gasteiger partial charge >= 0.3 is 0 Å². The SMILES string of the molecule is Cc1nc(N2CCCC2CNC2CC2)sc1C. The largest absolute Gasteiger partial charge is 0.344 e. The normalized spacial score (nSPS) is 24.6. The predicted octanol–water partition coefficient (Wildman–Crippen LogP) is 2.48. The van der Waals surface area contributed by atoms with Gasteiger partial charge in [-0.1, -0.05) is 0 Å². The number of aromatic nitrogens is 1. The average molecular weight is 251 g/mol. The molecule has 1 N–H and O–H groups in total. The number of nitrogens with one attached hydrogen (secondary N) is 1. The van der Waals surface area contributed by atoms with Gasteiger partial charge in [-0.2, -0.15) is 0 Å². The Morgan fingerprint density at radius 3 is 2.82 bits per heavy atom. The monoisotopic (exact) mass is 251 g/mol. The molecule has 1 aromatic rings. The topological polar surface area (TPSA) is 28.2 Å². The summed E-state index contributed by atoms with van der Waals surface area (Å²) in [7, 11) is 0. The molecule has 3 rings (SSSR count). The highest BCUT2D eigenvalue weighted by molar-refractivity contribution is 7.15. The summed E-state index contributed by atoms with van der Waals surface area (Å²) in [5, 5.41) is 4.89. The van der Waals surface area contributed by atoms with E-state index in [9.17, 15) is 0 Å². The van der Waals surface area contributed by atoms with Gasteiger partial charge in [0, 0.05) is 30.1 Å². The molecule has 1 saturated heterocycles. The van der Waals surface area contributed by atoms with Crippen LogP contribution in [0.15, 0.2) is 0 Å². The van der Waals surface area contributed by atoms with Crippen LogP contribution in [-0.4, -0.2) is 30.2 Å². The van der Waals surface area contributed by atoms with Gasteiger partial charge in [0.15, 0.2) is 5.13 Å². The zero-order valence-corrected chi connectivity index (χ0v) is 11.5. The van der Waals surface area contributed by atoms with Crippen LogP contribution in [0, 0.1) is 13.8 Å². The molecule has 1 unspecified atom stereocenters. The number of thiazole rings is 1. The van der Waals surface area contributed by atoms with Gasteiger partial charge < -0.3 is 10.2 Å². The minimum atomic E-state index is 0.667. The summed E-state index contributed by atoms with van der Waals surface area (Å²) in [6.07, 6.45) is 5.39. The molecule has 94 valence electrons. The number of aryl methyl sites for hydroxylation is 2. The molecule has 3 nitrogen and oxygen atoms in total. The fourth-order valence-corrected chi connectivity index (χ4v) is 3.48. The molecule has 1 aliphatic heterocycles. The molecule has 2 heterocycles. The molecule has 0 spiro atoms. The molecule has 2 aliphatic rings. The zero-order valence-electron chi connectivity index (χ0n) is 10.7. The molecular weight excluding hydrogens is 230 g/mol. The summed E-state index contributed by atoms with van der Waals surface area (Å²) in [6.45, 7) is 6.61. The van der Waals surface area contributed by atoms with Crippen LogP contribution in [0.1, 0.15) is 36.3 Å². The van der Waals surface area contributed by atoms with Crippen molar-refractivity contribution >= 4 is 16.5 Å². The summed E-state index contributed by atoms with van der Waals surface area (Å²) in [5.74, 6) is 0. The fourth-order valence-electron chi connectivity index (χ4n) is 2.47. The van der Waals surface area contributed by atoms with Crippen molar-refractivity contribution < 1.29 is 0 Å². The Bertz CT molecular complexity index is 378. The lowest BCUT2D eigenvalue weighted by Gasteiger charge is -2.24. The van der Waals surface area contributed by atoms with Crippen molar-refractivity contribution in [1.82, 2.24) is 10.3 Å². The van der Waals surface area contributed by atoms with Gasteiger partial charge in [-0.15, -0.1) is 11.3 Å². The number of hydrogen-bond donors (Lipinski definition) is 1. The van der Waals surface area contributed by atoms with Crippen LogP contribution in [0.2, 0.25) is 0 Å². The lowest BCUT2D eigenvalue weighted by molar-refractivity contribution is 0.570. The van der Waals surface area contributed by atoms with Crippen LogP contribution < -0.4 is 10.2 Å². The maximum absolute atomic E-state index is 4.70. The Labute approximate surface area is 107 Å². The third-order valence-electron chi connectivity index (χ3n) is 3.86. The first-order valence-electron chi connectivity index (χ1n) is 6.68. The fraction of sp³-hybridized carbons (Fsp3) is 0.769. The second-order valence-corrected chi connectivity index (χ2v) is 6.49. The molecule has 4 heteroatoms. The van der Waals surface area contributed by atoms with Gasteiger partial charge in [-0.05, 0) is 39.5 Å². The van der Waals surface area contributed by atoms with Gasteiger partial charge in [-0.25, -0.2) is 4.98 Å². The second kappa shape index (κ2) is 4.58. The minimum Gasteiger partial charge on any atom is -0.344 e. The van der Waals surface area contributed by atoms with E-state index in [2.05, 4.69) is 24.1 Å². The van der Waals surface area contributed by atoms with Gasteiger partial charge in [0.05, 0.1) is 5.69 Å². The number of anilines is 1. The highest BCUT2D eigenvalue weighted by Gasteiger charge is 2.29. The molecule has 17 heavy (non-hydrogen) atoms. The van der Waals surface area contributed by atoms with Gasteiger partial charge in [0.1, 0.15) is 0 Å². The third kappa shape index (κ3) is 2.47. The molecule has 0 amide bonds. The number of hydrogen-bond acceptors (Lipinski definition) is 4. The van der Waals surface area contributed by atoms with Crippen LogP contribution in [0.25, 0.3) is 0 Å². The van der Waals surface area contributed by atoms with Gasteiger partial charge in [0.2, 0.25) is 0 Å². The molecule has 1 aliphatic carbocycles. The number of rotatable bonds is 4. The smallest absolute Gasteiger partial charge is 0.186 e. The Hall–Kier alpha value is -0.610. The van der Waals surface area contributed by atoms with Crippen molar-refractivity contribution in [2.75, 3.05) is 18.0 Å². The first-order chi connectivity index (χ1) is 8.24. The maximum Gasteiger partial charge on any atom is 0.186 e. The van der Waals surface area contributed by atoms with Crippen molar-refractivity contribution in [2.45, 2.75) is 51.6 Å². The molecule has 1 atom stereocenters. The zero-order chi connectivity index (χ0) is 11.8. The van der Waals surface area contributed by atoms with E-state index >= 15 is 0 Å². The first kappa shape index (κ1) is 11.5. The predicted molar refractivity (Wildman–Crippen MR) is 73.0 cm³/mol. The first-order valence-corrected chi connectivity index (χ1v) is 7.50. The third-order valence-corrected chi connectivity index (χ3v) is 4.97. The van der Waals surface area contributed by atoms with E-state index < -0.39 is 0 Å². The van der Waals surface area contributed by atoms with Crippen LogP contribution in [0.4, 0.5) is 5.13 Å². The molecular formula is C13H21N3S. The summed E-state index contributed by atoms with van der Waals surface area (Å²) in [4.78, 5) is 8.58. The van der Waals surface area contributed by atoms with E-state index in [0.717, 1.165) is 12.6 Å². The maximum atomic E-state index is 4.70. The van der Waals surface area contributed by atoms with Gasteiger partial charge in [-0.3, -0.25) is 0 Å². The molecule has 1 aromatic heterocycles. The summed E-state index contributed by atoms with van der Waals surface area (Å²) in [6, 6.07) is 1.48. The van der Waals surface area contributed by atoms with Crippen LogP contribution >= 0.6 is 11.3 Å². The van der Waals surface area contributed by atoms with Crippen molar-refractivity contribution in [3.05, 3.63) is 10.6 Å². The molecule has 0 radical (unpaired) electrons. The van der Waals surface area contributed by atoms with Crippen LogP contribution in [0.5, 0.6) is 0 Å². The summed E-state index contributed by atoms with van der Waals surface area (Å²) >= 11 is 1.85. The lowest BCUT2D eigenvalue weighted by atomic mass is 10.2. The number of nitrogens with zero attached hydrogens (tertiary/aromatic N) is 2. The molecule has 0 aromatic carbocycles. The quantitative estimate of drug-likeness (QED) is 0.891. The van der Waals surface area contributed by atoms with Crippen molar-refractivity contribution in [2.24, 2.45) is 0 Å². The van der Waals surface area contributed by atoms with Crippen LogP contribution in [-0.2, 0) is 0 Å². The Kier molecular flexibility index (Phi) is 3.09. The van der Waals surface area contributed by atoms with E-state index in [1.165, 1.54) is 47.9 Å². The Morgan fingerprint density at radius 1 is 1.35 bits per heavy atom. The van der Waals surface area contributed by atoms with E-state index in [1.807, 2.05) is 11.3 Å². The summed E-state index contributed by atoms with van der Waals surface area (Å²) in [5.41, 5.74) is 1.20. The minimum absolute atomic E-state index is 0.667. The lowest BCUT2D eigenvalue weighted by Crippen LogP contribution is -2.38. The van der Waals surface area contributed by atoms with Crippen molar-refractivity contribution in [3.63, 3.8) is 0 Å². The highest BCUT2D eigenvalue weighted by atomic mass is 32.1. The van der Waals surface area contributed by atoms with Gasteiger partial charge in [0.25, 0.3) is 0 Å². The highest BCUT2D eigenvalue weighted by Crippen LogP contribution is 2.31. The summed E-state index contributed by atoms with van der Waals surface area (Å²) < 4.78 is 0. The van der Waals surface area contributed by atoms with Crippen LogP contribution in [0.3, 0.4) is 0 Å². The second-order valence-electron chi connectivity index (χ2n) is 5.31. The molecule has 2 fully saturated rings. The molecule has 0 bridgehead atoms. The van der Waals surface area contributed by atoms with E-state index in [0.29, 0.717) is 6.04 Å². The van der Waals surface area contributed by atoms with E-state index in [-0.39, 0.29) is 0 Å². The van der Waals surface area contributed by atoms with E-state index in [4.69, 9.17) is 4.98 Å². The molecule has 1 saturated carbocycles.